The largest absolute Gasteiger partial charge is 0.469 e. The topological polar surface area (TPSA) is 38.3 Å². The minimum Gasteiger partial charge on any atom is -0.469 e. The van der Waals surface area contributed by atoms with Crippen molar-refractivity contribution in [3.8, 4) is 0 Å². The van der Waals surface area contributed by atoms with Crippen LogP contribution in [0.4, 0.5) is 18.9 Å². The van der Waals surface area contributed by atoms with Gasteiger partial charge in [0.05, 0.1) is 19.1 Å². The minimum atomic E-state index is -4.33. The van der Waals surface area contributed by atoms with Crippen LogP contribution in [-0.2, 0) is 15.7 Å². The van der Waals surface area contributed by atoms with Crippen molar-refractivity contribution in [3.63, 3.8) is 0 Å². The summed E-state index contributed by atoms with van der Waals surface area (Å²) >= 11 is 0. The van der Waals surface area contributed by atoms with Gasteiger partial charge in [-0.2, -0.15) is 13.2 Å². The summed E-state index contributed by atoms with van der Waals surface area (Å²) in [6, 6.07) is 4.61. The molecule has 0 aliphatic heterocycles. The van der Waals surface area contributed by atoms with Gasteiger partial charge in [0.2, 0.25) is 0 Å². The molecule has 1 rings (SSSR count). The van der Waals surface area contributed by atoms with Crippen molar-refractivity contribution in [1.82, 2.24) is 0 Å². The number of halogens is 3. The van der Waals surface area contributed by atoms with Crippen LogP contribution >= 0.6 is 0 Å². The molecule has 0 fully saturated rings. The van der Waals surface area contributed by atoms with E-state index in [9.17, 15) is 18.0 Å². The summed E-state index contributed by atoms with van der Waals surface area (Å²) in [4.78, 5) is 10.8. The average Bonchev–Trinajstić information content (AvgIpc) is 2.28. The average molecular weight is 247 g/mol. The first-order valence-corrected chi connectivity index (χ1v) is 4.91. The lowest BCUT2D eigenvalue weighted by Gasteiger charge is -2.09. The number of nitrogens with one attached hydrogen (secondary N) is 1. The molecule has 0 saturated carbocycles. The van der Waals surface area contributed by atoms with Gasteiger partial charge in [0.1, 0.15) is 0 Å². The Morgan fingerprint density at radius 2 is 1.88 bits per heavy atom. The van der Waals surface area contributed by atoms with E-state index in [2.05, 4.69) is 10.1 Å². The molecule has 0 bridgehead atoms. The van der Waals surface area contributed by atoms with Crippen LogP contribution in [0, 0.1) is 0 Å². The van der Waals surface area contributed by atoms with Crippen LogP contribution < -0.4 is 5.32 Å². The molecule has 0 heterocycles. The van der Waals surface area contributed by atoms with E-state index in [0.29, 0.717) is 12.2 Å². The Bertz CT molecular complexity index is 373. The van der Waals surface area contributed by atoms with Gasteiger partial charge in [0.25, 0.3) is 0 Å². The Balaban J connectivity index is 2.49. The molecule has 6 heteroatoms. The summed E-state index contributed by atoms with van der Waals surface area (Å²) in [7, 11) is 1.28. The molecule has 0 atom stereocenters. The number of rotatable bonds is 4. The van der Waals surface area contributed by atoms with Crippen LogP contribution in [0.1, 0.15) is 12.0 Å². The molecule has 0 radical (unpaired) electrons. The van der Waals surface area contributed by atoms with Gasteiger partial charge in [0.15, 0.2) is 0 Å². The summed E-state index contributed by atoms with van der Waals surface area (Å²) in [5, 5.41) is 2.82. The second-order valence-electron chi connectivity index (χ2n) is 3.33. The standard InChI is InChI=1S/C11H12F3NO2/c1-17-10(16)6-7-15-9-4-2-8(3-5-9)11(12,13)14/h2-5,15H,6-7H2,1H3. The lowest BCUT2D eigenvalue weighted by Crippen LogP contribution is -2.10. The minimum absolute atomic E-state index is 0.164. The van der Waals surface area contributed by atoms with Crippen LogP contribution in [-0.4, -0.2) is 19.6 Å². The summed E-state index contributed by atoms with van der Waals surface area (Å²) in [5.74, 6) is -0.371. The molecular formula is C11H12F3NO2. The van der Waals surface area contributed by atoms with E-state index < -0.39 is 11.7 Å². The Morgan fingerprint density at radius 1 is 1.29 bits per heavy atom. The van der Waals surface area contributed by atoms with Gasteiger partial charge in [-0.3, -0.25) is 4.79 Å². The molecule has 0 saturated heterocycles. The van der Waals surface area contributed by atoms with Crippen molar-refractivity contribution in [2.24, 2.45) is 0 Å². The molecule has 0 aliphatic rings. The number of carbonyl (C=O) groups excluding carboxylic acids is 1. The van der Waals surface area contributed by atoms with Crippen molar-refractivity contribution >= 4 is 11.7 Å². The van der Waals surface area contributed by atoms with E-state index in [1.54, 1.807) is 0 Å². The maximum absolute atomic E-state index is 12.2. The molecule has 1 aromatic carbocycles. The SMILES string of the molecule is COC(=O)CCNc1ccc(C(F)(F)F)cc1. The Hall–Kier alpha value is -1.72. The summed E-state index contributed by atoms with van der Waals surface area (Å²) in [5.41, 5.74) is -0.169. The van der Waals surface area contributed by atoms with E-state index in [0.717, 1.165) is 12.1 Å². The molecule has 94 valence electrons. The van der Waals surface area contributed by atoms with E-state index in [4.69, 9.17) is 0 Å². The molecule has 0 amide bonds. The number of hydrogen-bond donors (Lipinski definition) is 1. The van der Waals surface area contributed by atoms with Crippen molar-refractivity contribution in [2.75, 3.05) is 19.0 Å². The van der Waals surface area contributed by atoms with Crippen LogP contribution in [0.2, 0.25) is 0 Å². The van der Waals surface area contributed by atoms with Crippen LogP contribution in [0.25, 0.3) is 0 Å². The maximum Gasteiger partial charge on any atom is 0.416 e. The van der Waals surface area contributed by atoms with Crippen molar-refractivity contribution in [3.05, 3.63) is 29.8 Å². The predicted molar refractivity (Wildman–Crippen MR) is 56.6 cm³/mol. The quantitative estimate of drug-likeness (QED) is 0.831. The lowest BCUT2D eigenvalue weighted by molar-refractivity contribution is -0.140. The maximum atomic E-state index is 12.2. The first kappa shape index (κ1) is 13.3. The normalized spacial score (nSPS) is 11.1. The molecule has 17 heavy (non-hydrogen) atoms. The van der Waals surface area contributed by atoms with Crippen molar-refractivity contribution in [2.45, 2.75) is 12.6 Å². The van der Waals surface area contributed by atoms with Crippen LogP contribution in [0.5, 0.6) is 0 Å². The third kappa shape index (κ3) is 4.34. The highest BCUT2D eigenvalue weighted by atomic mass is 19.4. The molecule has 0 aliphatic carbocycles. The van der Waals surface area contributed by atoms with Crippen molar-refractivity contribution < 1.29 is 22.7 Å². The Labute approximate surface area is 96.6 Å². The molecule has 0 spiro atoms. The zero-order valence-corrected chi connectivity index (χ0v) is 9.17. The van der Waals surface area contributed by atoms with Crippen LogP contribution in [0.15, 0.2) is 24.3 Å². The number of alkyl halides is 3. The molecule has 1 N–H and O–H groups in total. The van der Waals surface area contributed by atoms with E-state index in [-0.39, 0.29) is 12.4 Å². The molecule has 0 aromatic heterocycles. The number of carbonyl (C=O) groups is 1. The van der Waals surface area contributed by atoms with Crippen LogP contribution in [0.3, 0.4) is 0 Å². The monoisotopic (exact) mass is 247 g/mol. The molecule has 3 nitrogen and oxygen atoms in total. The number of hydrogen-bond acceptors (Lipinski definition) is 3. The Kier molecular flexibility index (Phi) is 4.37. The number of esters is 1. The second kappa shape index (κ2) is 5.56. The van der Waals surface area contributed by atoms with E-state index in [1.807, 2.05) is 0 Å². The molecule has 1 aromatic rings. The summed E-state index contributed by atoms with van der Waals surface area (Å²) in [6.07, 6.45) is -4.16. The highest BCUT2D eigenvalue weighted by Gasteiger charge is 2.29. The Morgan fingerprint density at radius 3 is 2.35 bits per heavy atom. The first-order valence-electron chi connectivity index (χ1n) is 4.91. The van der Waals surface area contributed by atoms with Gasteiger partial charge in [0, 0.05) is 12.2 Å². The van der Waals surface area contributed by atoms with E-state index >= 15 is 0 Å². The molecule has 0 unspecified atom stereocenters. The highest BCUT2D eigenvalue weighted by Crippen LogP contribution is 2.29. The fourth-order valence-corrected chi connectivity index (χ4v) is 1.19. The summed E-state index contributed by atoms with van der Waals surface area (Å²) in [6.45, 7) is 0.317. The number of ether oxygens (including phenoxy) is 1. The number of methoxy groups -OCH3 is 1. The number of anilines is 1. The smallest absolute Gasteiger partial charge is 0.416 e. The zero-order valence-electron chi connectivity index (χ0n) is 9.17. The highest BCUT2D eigenvalue weighted by molar-refractivity contribution is 5.69. The third-order valence-corrected chi connectivity index (χ3v) is 2.10. The lowest BCUT2D eigenvalue weighted by atomic mass is 10.2. The van der Waals surface area contributed by atoms with Gasteiger partial charge in [-0.25, -0.2) is 0 Å². The van der Waals surface area contributed by atoms with Gasteiger partial charge in [-0.15, -0.1) is 0 Å². The fourth-order valence-electron chi connectivity index (χ4n) is 1.19. The van der Waals surface area contributed by atoms with Gasteiger partial charge in [-0.1, -0.05) is 0 Å². The second-order valence-corrected chi connectivity index (χ2v) is 3.33. The van der Waals surface area contributed by atoms with Crippen molar-refractivity contribution in [1.29, 1.82) is 0 Å². The number of benzene rings is 1. The van der Waals surface area contributed by atoms with E-state index in [1.165, 1.54) is 19.2 Å². The van der Waals surface area contributed by atoms with Gasteiger partial charge in [-0.05, 0) is 24.3 Å². The third-order valence-electron chi connectivity index (χ3n) is 2.10. The fraction of sp³-hybridized carbons (Fsp3) is 0.364. The summed E-state index contributed by atoms with van der Waals surface area (Å²) < 4.78 is 41.1. The first-order chi connectivity index (χ1) is 7.93. The van der Waals surface area contributed by atoms with Gasteiger partial charge < -0.3 is 10.1 Å². The van der Waals surface area contributed by atoms with Gasteiger partial charge >= 0.3 is 12.1 Å². The predicted octanol–water partition coefficient (Wildman–Crippen LogP) is 2.68. The molecular weight excluding hydrogens is 235 g/mol. The zero-order chi connectivity index (χ0) is 12.9.